The van der Waals surface area contributed by atoms with Crippen molar-refractivity contribution in [3.8, 4) is 5.75 Å². The molecule has 0 unspecified atom stereocenters. The Morgan fingerprint density at radius 1 is 1.41 bits per heavy atom. The summed E-state index contributed by atoms with van der Waals surface area (Å²) in [6, 6.07) is 1.90. The van der Waals surface area contributed by atoms with Gasteiger partial charge in [0.2, 0.25) is 0 Å². The molecule has 92 valence electrons. The molecular weight excluding hydrogens is 280 g/mol. The van der Waals surface area contributed by atoms with E-state index in [1.807, 2.05) is 39.8 Å². The van der Waals surface area contributed by atoms with E-state index < -0.39 is 0 Å². The van der Waals surface area contributed by atoms with Crippen LogP contribution < -0.4 is 4.74 Å². The first-order valence-electron chi connectivity index (χ1n) is 5.45. The van der Waals surface area contributed by atoms with Crippen molar-refractivity contribution >= 4 is 21.7 Å². The largest absolute Gasteiger partial charge is 0.495 e. The second-order valence-corrected chi connectivity index (χ2v) is 4.81. The van der Waals surface area contributed by atoms with Crippen molar-refractivity contribution in [2.75, 3.05) is 7.11 Å². The van der Waals surface area contributed by atoms with Crippen LogP contribution in [0.15, 0.2) is 22.2 Å². The number of ether oxygens (including phenoxy) is 1. The lowest BCUT2D eigenvalue weighted by Gasteiger charge is -2.14. The number of halogens is 1. The summed E-state index contributed by atoms with van der Waals surface area (Å²) < 4.78 is 6.07. The standard InChI is InChI=1S/C14H17BrO2/c1-6-8(2)13(16)11-7-9(3)10(4)14(17-5)12(11)15/h6-7H,1-5H3/b8-6+. The summed E-state index contributed by atoms with van der Waals surface area (Å²) in [5.41, 5.74) is 3.49. The van der Waals surface area contributed by atoms with Crippen molar-refractivity contribution in [1.82, 2.24) is 0 Å². The van der Waals surface area contributed by atoms with Gasteiger partial charge >= 0.3 is 0 Å². The molecule has 0 bridgehead atoms. The number of carbonyl (C=O) groups excluding carboxylic acids is 1. The molecule has 0 aliphatic carbocycles. The molecule has 0 saturated carbocycles. The lowest BCUT2D eigenvalue weighted by molar-refractivity contribution is 0.103. The molecule has 0 N–H and O–H groups in total. The second kappa shape index (κ2) is 5.50. The van der Waals surface area contributed by atoms with Gasteiger partial charge in [-0.2, -0.15) is 0 Å². The number of hydrogen-bond donors (Lipinski definition) is 0. The van der Waals surface area contributed by atoms with Crippen LogP contribution in [0.25, 0.3) is 0 Å². The number of carbonyl (C=O) groups is 1. The number of ketones is 1. The number of aryl methyl sites for hydroxylation is 1. The van der Waals surface area contributed by atoms with Crippen LogP contribution in [0, 0.1) is 13.8 Å². The average molecular weight is 297 g/mol. The van der Waals surface area contributed by atoms with Gasteiger partial charge in [0.15, 0.2) is 5.78 Å². The van der Waals surface area contributed by atoms with Gasteiger partial charge in [-0.05, 0) is 66.4 Å². The fourth-order valence-electron chi connectivity index (χ4n) is 1.61. The van der Waals surface area contributed by atoms with Crippen molar-refractivity contribution < 1.29 is 9.53 Å². The van der Waals surface area contributed by atoms with Crippen molar-refractivity contribution in [3.05, 3.63) is 38.9 Å². The van der Waals surface area contributed by atoms with Gasteiger partial charge < -0.3 is 4.74 Å². The first-order chi connectivity index (χ1) is 7.93. The average Bonchev–Trinajstić information content (AvgIpc) is 2.32. The van der Waals surface area contributed by atoms with Crippen LogP contribution in [0.4, 0.5) is 0 Å². The summed E-state index contributed by atoms with van der Waals surface area (Å²) in [4.78, 5) is 12.2. The first kappa shape index (κ1) is 14.0. The predicted molar refractivity (Wildman–Crippen MR) is 73.9 cm³/mol. The molecule has 1 aromatic rings. The van der Waals surface area contributed by atoms with Crippen LogP contribution in [-0.2, 0) is 0 Å². The highest BCUT2D eigenvalue weighted by molar-refractivity contribution is 9.10. The molecule has 1 rings (SSSR count). The van der Waals surface area contributed by atoms with Crippen molar-refractivity contribution in [3.63, 3.8) is 0 Å². The molecule has 0 radical (unpaired) electrons. The number of benzene rings is 1. The molecule has 2 nitrogen and oxygen atoms in total. The molecular formula is C14H17BrO2. The van der Waals surface area contributed by atoms with Gasteiger partial charge in [0.05, 0.1) is 11.6 Å². The monoisotopic (exact) mass is 296 g/mol. The Labute approximate surface area is 111 Å². The van der Waals surface area contributed by atoms with Crippen LogP contribution >= 0.6 is 15.9 Å². The topological polar surface area (TPSA) is 26.3 Å². The summed E-state index contributed by atoms with van der Waals surface area (Å²) in [6.45, 7) is 7.64. The van der Waals surface area contributed by atoms with Crippen LogP contribution in [0.1, 0.15) is 35.3 Å². The van der Waals surface area contributed by atoms with Crippen LogP contribution in [0.3, 0.4) is 0 Å². The number of rotatable bonds is 3. The molecule has 17 heavy (non-hydrogen) atoms. The maximum absolute atomic E-state index is 12.2. The first-order valence-corrected chi connectivity index (χ1v) is 6.24. The van der Waals surface area contributed by atoms with E-state index in [1.54, 1.807) is 7.11 Å². The zero-order valence-corrected chi connectivity index (χ0v) is 12.4. The second-order valence-electron chi connectivity index (χ2n) is 4.01. The van der Waals surface area contributed by atoms with Gasteiger partial charge in [-0.25, -0.2) is 0 Å². The fourth-order valence-corrected chi connectivity index (χ4v) is 2.36. The Balaban J connectivity index is 3.46. The molecule has 0 atom stereocenters. The minimum absolute atomic E-state index is 0.0285. The summed E-state index contributed by atoms with van der Waals surface area (Å²) in [5.74, 6) is 0.762. The summed E-state index contributed by atoms with van der Waals surface area (Å²) in [6.07, 6.45) is 1.82. The quantitative estimate of drug-likeness (QED) is 0.616. The number of methoxy groups -OCH3 is 1. The molecule has 0 aliphatic rings. The van der Waals surface area contributed by atoms with Crippen LogP contribution in [-0.4, -0.2) is 12.9 Å². The van der Waals surface area contributed by atoms with Crippen LogP contribution in [0.2, 0.25) is 0 Å². The van der Waals surface area contributed by atoms with Crippen molar-refractivity contribution in [2.24, 2.45) is 0 Å². The molecule has 0 aliphatic heterocycles. The predicted octanol–water partition coefficient (Wildman–Crippen LogP) is 4.22. The third kappa shape index (κ3) is 2.60. The van der Waals surface area contributed by atoms with Gasteiger partial charge in [0, 0.05) is 5.56 Å². The van der Waals surface area contributed by atoms with Gasteiger partial charge in [0.25, 0.3) is 0 Å². The van der Waals surface area contributed by atoms with Gasteiger partial charge in [-0.15, -0.1) is 0 Å². The number of allylic oxidation sites excluding steroid dienone is 2. The molecule has 0 amide bonds. The lowest BCUT2D eigenvalue weighted by Crippen LogP contribution is -2.05. The van der Waals surface area contributed by atoms with E-state index in [-0.39, 0.29) is 5.78 Å². The van der Waals surface area contributed by atoms with E-state index in [2.05, 4.69) is 15.9 Å². The zero-order valence-electron chi connectivity index (χ0n) is 10.8. The van der Waals surface area contributed by atoms with E-state index in [0.29, 0.717) is 5.56 Å². The van der Waals surface area contributed by atoms with E-state index in [1.165, 1.54) is 0 Å². The molecule has 0 spiro atoms. The van der Waals surface area contributed by atoms with Crippen LogP contribution in [0.5, 0.6) is 5.75 Å². The minimum Gasteiger partial charge on any atom is -0.495 e. The van der Waals surface area contributed by atoms with E-state index in [9.17, 15) is 4.79 Å². The SMILES string of the molecule is C/C=C(\C)C(=O)c1cc(C)c(C)c(OC)c1Br. The lowest BCUT2D eigenvalue weighted by atomic mass is 9.99. The molecule has 3 heteroatoms. The highest BCUT2D eigenvalue weighted by Crippen LogP contribution is 2.35. The Morgan fingerprint density at radius 3 is 2.47 bits per heavy atom. The van der Waals surface area contributed by atoms with E-state index in [4.69, 9.17) is 4.74 Å². The zero-order chi connectivity index (χ0) is 13.2. The van der Waals surface area contributed by atoms with Crippen molar-refractivity contribution in [2.45, 2.75) is 27.7 Å². The van der Waals surface area contributed by atoms with E-state index >= 15 is 0 Å². The smallest absolute Gasteiger partial charge is 0.189 e. The van der Waals surface area contributed by atoms with Gasteiger partial charge in [-0.1, -0.05) is 6.08 Å². The molecule has 0 saturated heterocycles. The Bertz CT molecular complexity index is 487. The summed E-state index contributed by atoms with van der Waals surface area (Å²) in [7, 11) is 1.61. The summed E-state index contributed by atoms with van der Waals surface area (Å²) in [5, 5.41) is 0. The Hall–Kier alpha value is -1.09. The minimum atomic E-state index is 0.0285. The Morgan fingerprint density at radius 2 is 2.00 bits per heavy atom. The summed E-state index contributed by atoms with van der Waals surface area (Å²) >= 11 is 3.45. The van der Waals surface area contributed by atoms with Crippen molar-refractivity contribution in [1.29, 1.82) is 0 Å². The van der Waals surface area contributed by atoms with Gasteiger partial charge in [0.1, 0.15) is 5.75 Å². The fraction of sp³-hybridized carbons (Fsp3) is 0.357. The molecule has 0 fully saturated rings. The molecule has 0 aromatic heterocycles. The highest BCUT2D eigenvalue weighted by atomic mass is 79.9. The van der Waals surface area contributed by atoms with Gasteiger partial charge in [-0.3, -0.25) is 4.79 Å². The maximum atomic E-state index is 12.2. The molecule has 0 heterocycles. The third-order valence-electron chi connectivity index (χ3n) is 2.97. The Kier molecular flexibility index (Phi) is 4.52. The molecule has 1 aromatic carbocycles. The highest BCUT2D eigenvalue weighted by Gasteiger charge is 2.18. The maximum Gasteiger partial charge on any atom is 0.189 e. The number of hydrogen-bond acceptors (Lipinski definition) is 2. The third-order valence-corrected chi connectivity index (χ3v) is 3.76. The normalized spacial score (nSPS) is 11.5. The number of Topliss-reactive ketones (excluding diaryl/α,β-unsaturated/α-hetero) is 1. The van der Waals surface area contributed by atoms with E-state index in [0.717, 1.165) is 26.9 Å².